The number of halogens is 1. The van der Waals surface area contributed by atoms with E-state index in [-0.39, 0.29) is 30.3 Å². The number of hydrogen-bond donors (Lipinski definition) is 3. The summed E-state index contributed by atoms with van der Waals surface area (Å²) in [6, 6.07) is 9.20. The van der Waals surface area contributed by atoms with Crippen LogP contribution in [0.5, 0.6) is 0 Å². The molecule has 0 aromatic heterocycles. The molecule has 3 atom stereocenters. The molecule has 0 radical (unpaired) electrons. The van der Waals surface area contributed by atoms with E-state index in [4.69, 9.17) is 11.5 Å². The van der Waals surface area contributed by atoms with Crippen LogP contribution < -0.4 is 16.8 Å². The molecule has 0 heterocycles. The highest BCUT2D eigenvalue weighted by Gasteiger charge is 2.41. The maximum Gasteiger partial charge on any atom is 0.240 e. The zero-order chi connectivity index (χ0) is 17.1. The largest absolute Gasteiger partial charge is 0.368 e. The van der Waals surface area contributed by atoms with Gasteiger partial charge in [-0.2, -0.15) is 0 Å². The van der Waals surface area contributed by atoms with Crippen molar-refractivity contribution in [2.24, 2.45) is 29.2 Å². The second-order valence-corrected chi connectivity index (χ2v) is 7.35. The molecule has 2 saturated carbocycles. The minimum absolute atomic E-state index is 0. The molecule has 0 saturated heterocycles. The lowest BCUT2D eigenvalue weighted by atomic mass is 9.65. The molecular weight excluding hydrogens is 338 g/mol. The Kier molecular flexibility index (Phi) is 6.85. The highest BCUT2D eigenvalue weighted by Crippen LogP contribution is 2.41. The van der Waals surface area contributed by atoms with Gasteiger partial charge in [-0.1, -0.05) is 36.8 Å². The van der Waals surface area contributed by atoms with Crippen molar-refractivity contribution in [3.63, 3.8) is 0 Å². The van der Waals surface area contributed by atoms with Gasteiger partial charge in [-0.05, 0) is 43.1 Å². The van der Waals surface area contributed by atoms with Crippen LogP contribution in [0.1, 0.15) is 37.7 Å². The Labute approximate surface area is 155 Å². The molecule has 2 bridgehead atoms. The Morgan fingerprint density at radius 2 is 1.72 bits per heavy atom. The zero-order valence-corrected chi connectivity index (χ0v) is 15.2. The van der Waals surface area contributed by atoms with Crippen molar-refractivity contribution in [3.8, 4) is 0 Å². The van der Waals surface area contributed by atoms with Gasteiger partial charge in [-0.15, -0.1) is 12.4 Å². The number of nitrogens with two attached hydrogens (primary N) is 2. The van der Waals surface area contributed by atoms with Gasteiger partial charge in [-0.25, -0.2) is 0 Å². The molecule has 3 rings (SSSR count). The van der Waals surface area contributed by atoms with Crippen molar-refractivity contribution in [3.05, 3.63) is 35.9 Å². The second-order valence-electron chi connectivity index (χ2n) is 7.35. The zero-order valence-electron chi connectivity index (χ0n) is 14.4. The third kappa shape index (κ3) is 4.73. The highest BCUT2D eigenvalue weighted by molar-refractivity contribution is 5.87. The summed E-state index contributed by atoms with van der Waals surface area (Å²) >= 11 is 0. The Hall–Kier alpha value is -1.59. The lowest BCUT2D eigenvalue weighted by Gasteiger charge is -2.43. The van der Waals surface area contributed by atoms with Gasteiger partial charge in [0.05, 0.1) is 0 Å². The summed E-state index contributed by atoms with van der Waals surface area (Å²) in [5.74, 6) is 0.306. The molecule has 6 heteroatoms. The van der Waals surface area contributed by atoms with E-state index in [2.05, 4.69) is 5.32 Å². The van der Waals surface area contributed by atoms with Crippen molar-refractivity contribution in [1.29, 1.82) is 0 Å². The van der Waals surface area contributed by atoms with Gasteiger partial charge >= 0.3 is 0 Å². The number of primary amides is 1. The van der Waals surface area contributed by atoms with Crippen LogP contribution in [0.2, 0.25) is 0 Å². The molecule has 1 aromatic carbocycles. The van der Waals surface area contributed by atoms with E-state index in [0.29, 0.717) is 18.3 Å². The molecule has 5 nitrogen and oxygen atoms in total. The van der Waals surface area contributed by atoms with Crippen LogP contribution in [0.25, 0.3) is 0 Å². The number of benzene rings is 1. The van der Waals surface area contributed by atoms with Crippen LogP contribution in [0.3, 0.4) is 0 Å². The van der Waals surface area contributed by atoms with Gasteiger partial charge in [0.2, 0.25) is 11.8 Å². The normalized spacial score (nSPS) is 29.2. The molecule has 3 unspecified atom stereocenters. The number of carbonyl (C=O) groups excluding carboxylic acids is 2. The fraction of sp³-hybridized carbons (Fsp3) is 0.579. The van der Waals surface area contributed by atoms with Crippen LogP contribution in [0.4, 0.5) is 0 Å². The molecule has 2 amide bonds. The molecule has 2 aliphatic carbocycles. The van der Waals surface area contributed by atoms with Gasteiger partial charge in [0.1, 0.15) is 6.04 Å². The summed E-state index contributed by atoms with van der Waals surface area (Å²) in [7, 11) is 0. The molecule has 25 heavy (non-hydrogen) atoms. The van der Waals surface area contributed by atoms with E-state index in [0.717, 1.165) is 31.2 Å². The minimum Gasteiger partial charge on any atom is -0.368 e. The first-order valence-electron chi connectivity index (χ1n) is 8.93. The van der Waals surface area contributed by atoms with Crippen molar-refractivity contribution in [2.75, 3.05) is 0 Å². The highest BCUT2D eigenvalue weighted by atomic mass is 35.5. The number of amides is 2. The Morgan fingerprint density at radius 3 is 2.28 bits per heavy atom. The summed E-state index contributed by atoms with van der Waals surface area (Å²) in [5.41, 5.74) is 12.8. The van der Waals surface area contributed by atoms with E-state index in [1.807, 2.05) is 30.3 Å². The third-order valence-corrected chi connectivity index (χ3v) is 5.73. The predicted molar refractivity (Wildman–Crippen MR) is 100 cm³/mol. The van der Waals surface area contributed by atoms with Crippen LogP contribution in [-0.2, 0) is 16.0 Å². The molecule has 2 fully saturated rings. The molecule has 2 aliphatic rings. The van der Waals surface area contributed by atoms with Gasteiger partial charge in [-0.3, -0.25) is 9.59 Å². The number of rotatable bonds is 5. The number of carbonyl (C=O) groups is 2. The smallest absolute Gasteiger partial charge is 0.240 e. The first kappa shape index (κ1) is 19.7. The van der Waals surface area contributed by atoms with Crippen molar-refractivity contribution < 1.29 is 9.59 Å². The van der Waals surface area contributed by atoms with Crippen molar-refractivity contribution in [1.82, 2.24) is 5.32 Å². The van der Waals surface area contributed by atoms with Gasteiger partial charge in [0.25, 0.3) is 0 Å². The maximum absolute atomic E-state index is 12.7. The van der Waals surface area contributed by atoms with Crippen molar-refractivity contribution >= 4 is 24.2 Å². The van der Waals surface area contributed by atoms with Gasteiger partial charge < -0.3 is 16.8 Å². The van der Waals surface area contributed by atoms with Crippen LogP contribution >= 0.6 is 12.4 Å². The Bertz CT molecular complexity index is 582. The van der Waals surface area contributed by atoms with Crippen LogP contribution in [-0.4, -0.2) is 23.9 Å². The first-order chi connectivity index (χ1) is 11.5. The van der Waals surface area contributed by atoms with E-state index < -0.39 is 11.9 Å². The first-order valence-corrected chi connectivity index (χ1v) is 8.93. The number of fused-ring (bicyclic) bond motifs is 2. The SMILES string of the molecule is Cl.NC(=O)C(Cc1ccccc1)NC(=O)C1CC2CCCC(C1)C2N. The van der Waals surface area contributed by atoms with Crippen molar-refractivity contribution in [2.45, 2.75) is 50.6 Å². The average Bonchev–Trinajstić information content (AvgIpc) is 2.54. The topological polar surface area (TPSA) is 98.2 Å². The summed E-state index contributed by atoms with van der Waals surface area (Å²) in [5, 5.41) is 2.88. The van der Waals surface area contributed by atoms with E-state index in [1.165, 1.54) is 6.42 Å². The molecule has 0 spiro atoms. The molecule has 1 aromatic rings. The lowest BCUT2D eigenvalue weighted by Crippen LogP contribution is -2.52. The molecular formula is C19H28ClN3O2. The average molecular weight is 366 g/mol. The van der Waals surface area contributed by atoms with Crippen LogP contribution in [0, 0.1) is 17.8 Å². The molecule has 138 valence electrons. The maximum atomic E-state index is 12.7. The van der Waals surface area contributed by atoms with Gasteiger partial charge in [0.15, 0.2) is 0 Å². The fourth-order valence-electron chi connectivity index (χ4n) is 4.37. The summed E-state index contributed by atoms with van der Waals surface area (Å²) in [4.78, 5) is 24.4. The monoisotopic (exact) mass is 365 g/mol. The third-order valence-electron chi connectivity index (χ3n) is 5.73. The summed E-state index contributed by atoms with van der Waals surface area (Å²) in [6.07, 6.45) is 5.55. The Balaban J connectivity index is 0.00000225. The van der Waals surface area contributed by atoms with Gasteiger partial charge in [0, 0.05) is 18.4 Å². The van der Waals surface area contributed by atoms with E-state index in [1.54, 1.807) is 0 Å². The fourth-order valence-corrected chi connectivity index (χ4v) is 4.37. The molecule has 5 N–H and O–H groups in total. The second kappa shape index (κ2) is 8.68. The minimum atomic E-state index is -0.657. The summed E-state index contributed by atoms with van der Waals surface area (Å²) < 4.78 is 0. The van der Waals surface area contributed by atoms with Crippen LogP contribution in [0.15, 0.2) is 30.3 Å². The van der Waals surface area contributed by atoms with E-state index in [9.17, 15) is 9.59 Å². The standard InChI is InChI=1S/C19H27N3O2.ClH/c20-17-13-7-4-8-14(17)11-15(10-13)19(24)22-16(18(21)23)9-12-5-2-1-3-6-12;/h1-3,5-6,13-17H,4,7-11,20H2,(H2,21,23)(H,22,24);1H. The number of hydrogen-bond acceptors (Lipinski definition) is 3. The summed E-state index contributed by atoms with van der Waals surface area (Å²) in [6.45, 7) is 0. The number of nitrogens with one attached hydrogen (secondary N) is 1. The predicted octanol–water partition coefficient (Wildman–Crippen LogP) is 1.77. The Morgan fingerprint density at radius 1 is 1.12 bits per heavy atom. The quantitative estimate of drug-likeness (QED) is 0.741. The molecule has 0 aliphatic heterocycles. The lowest BCUT2D eigenvalue weighted by molar-refractivity contribution is -0.132. The van der Waals surface area contributed by atoms with E-state index >= 15 is 0 Å².